The molecule has 0 aromatic heterocycles. The zero-order valence-corrected chi connectivity index (χ0v) is 15.3. The molecule has 0 fully saturated rings. The molecular weight excluding hydrogens is 302 g/mol. The van der Waals surface area contributed by atoms with Gasteiger partial charge in [0.05, 0.1) is 13.2 Å². The molecule has 0 saturated heterocycles. The van der Waals surface area contributed by atoms with Gasteiger partial charge in [-0.15, -0.1) is 12.4 Å². The first-order chi connectivity index (χ1) is 10.2. The molecule has 0 bridgehead atoms. The van der Waals surface area contributed by atoms with Crippen molar-refractivity contribution < 1.29 is 14.6 Å². The number of halogens is 1. The minimum Gasteiger partial charge on any atom is -0.465 e. The number of ether oxygens (including phenoxy) is 1. The molecule has 1 unspecified atom stereocenters. The normalized spacial score (nSPS) is 11.8. The summed E-state index contributed by atoms with van der Waals surface area (Å²) >= 11 is 0. The molecule has 1 atom stereocenters. The Morgan fingerprint density at radius 3 is 2.00 bits per heavy atom. The summed E-state index contributed by atoms with van der Waals surface area (Å²) in [5.74, 6) is -0.223. The van der Waals surface area contributed by atoms with Crippen LogP contribution in [0.25, 0.3) is 0 Å². The van der Waals surface area contributed by atoms with Crippen LogP contribution < -0.4 is 5.32 Å². The summed E-state index contributed by atoms with van der Waals surface area (Å²) in [5, 5.41) is 11.6. The summed E-state index contributed by atoms with van der Waals surface area (Å²) in [5.41, 5.74) is 0. The van der Waals surface area contributed by atoms with E-state index in [1.54, 1.807) is 6.92 Å². The third-order valence-corrected chi connectivity index (χ3v) is 3.66. The molecule has 0 radical (unpaired) electrons. The van der Waals surface area contributed by atoms with Crippen molar-refractivity contribution in [2.45, 2.75) is 84.1 Å². The zero-order valence-electron chi connectivity index (χ0n) is 14.4. The van der Waals surface area contributed by atoms with Crippen molar-refractivity contribution >= 4 is 18.4 Å². The fraction of sp³-hybridized carbons (Fsp3) is 0.941. The Bertz CT molecular complexity index is 240. The van der Waals surface area contributed by atoms with E-state index in [-0.39, 0.29) is 31.0 Å². The number of nitrogens with one attached hydrogen (secondary N) is 1. The van der Waals surface area contributed by atoms with Crippen LogP contribution in [0.1, 0.15) is 78.1 Å². The lowest BCUT2D eigenvalue weighted by molar-refractivity contribution is -0.145. The third kappa shape index (κ3) is 16.1. The van der Waals surface area contributed by atoms with Crippen molar-refractivity contribution in [1.29, 1.82) is 0 Å². The van der Waals surface area contributed by atoms with Crippen molar-refractivity contribution in [1.82, 2.24) is 5.32 Å². The Kier molecular flexibility index (Phi) is 20.4. The Morgan fingerprint density at radius 1 is 1.00 bits per heavy atom. The van der Waals surface area contributed by atoms with E-state index in [1.807, 2.05) is 0 Å². The van der Waals surface area contributed by atoms with Crippen LogP contribution in [-0.4, -0.2) is 36.9 Å². The highest BCUT2D eigenvalue weighted by molar-refractivity contribution is 5.85. The van der Waals surface area contributed by atoms with Crippen LogP contribution in [0.2, 0.25) is 0 Å². The molecule has 4 nitrogen and oxygen atoms in total. The summed E-state index contributed by atoms with van der Waals surface area (Å²) < 4.78 is 5.19. The average Bonchev–Trinajstić information content (AvgIpc) is 2.49. The van der Waals surface area contributed by atoms with Gasteiger partial charge in [-0.25, -0.2) is 0 Å². The Morgan fingerprint density at radius 2 is 1.50 bits per heavy atom. The van der Waals surface area contributed by atoms with Crippen LogP contribution in [-0.2, 0) is 9.53 Å². The van der Waals surface area contributed by atoms with Crippen molar-refractivity contribution in [2.75, 3.05) is 19.8 Å². The summed E-state index contributed by atoms with van der Waals surface area (Å²) in [6, 6.07) is -0.333. The second-order valence-corrected chi connectivity index (χ2v) is 5.75. The fourth-order valence-corrected chi connectivity index (χ4v) is 2.25. The highest BCUT2D eigenvalue weighted by Crippen LogP contribution is 2.10. The van der Waals surface area contributed by atoms with Gasteiger partial charge in [0.25, 0.3) is 0 Å². The molecule has 0 aliphatic rings. The molecule has 0 aliphatic heterocycles. The van der Waals surface area contributed by atoms with Gasteiger partial charge in [-0.3, -0.25) is 4.79 Å². The molecule has 0 aromatic rings. The summed E-state index contributed by atoms with van der Waals surface area (Å²) in [4.78, 5) is 11.5. The van der Waals surface area contributed by atoms with E-state index in [0.717, 1.165) is 12.8 Å². The van der Waals surface area contributed by atoms with Crippen molar-refractivity contribution in [3.05, 3.63) is 0 Å². The maximum absolute atomic E-state index is 11.5. The monoisotopic (exact) mass is 337 g/mol. The molecule has 0 aromatic carbocycles. The maximum Gasteiger partial charge on any atom is 0.322 e. The zero-order chi connectivity index (χ0) is 15.8. The summed E-state index contributed by atoms with van der Waals surface area (Å²) in [7, 11) is 0. The number of hydrogen-bond acceptors (Lipinski definition) is 4. The van der Waals surface area contributed by atoms with Crippen LogP contribution in [0.4, 0.5) is 0 Å². The number of esters is 1. The predicted molar refractivity (Wildman–Crippen MR) is 94.6 cm³/mol. The van der Waals surface area contributed by atoms with Gasteiger partial charge in [-0.05, 0) is 13.3 Å². The third-order valence-electron chi connectivity index (χ3n) is 3.66. The van der Waals surface area contributed by atoms with Gasteiger partial charge >= 0.3 is 5.97 Å². The number of carbonyl (C=O) groups is 1. The van der Waals surface area contributed by atoms with Crippen molar-refractivity contribution in [2.24, 2.45) is 0 Å². The number of aliphatic hydroxyl groups is 1. The number of hydrogen-bond donors (Lipinski definition) is 2. The average molecular weight is 338 g/mol. The molecular formula is C17H36ClNO3. The first-order valence-electron chi connectivity index (χ1n) is 8.73. The minimum absolute atomic E-state index is 0. The molecule has 134 valence electrons. The number of rotatable bonds is 15. The van der Waals surface area contributed by atoms with E-state index >= 15 is 0 Å². The van der Waals surface area contributed by atoms with Crippen LogP contribution in [0.15, 0.2) is 0 Å². The van der Waals surface area contributed by atoms with Crippen LogP contribution in [0, 0.1) is 0 Å². The summed E-state index contributed by atoms with van der Waals surface area (Å²) in [6.45, 7) is 4.98. The molecule has 22 heavy (non-hydrogen) atoms. The second-order valence-electron chi connectivity index (χ2n) is 5.75. The van der Waals surface area contributed by atoms with Gasteiger partial charge in [-0.2, -0.15) is 0 Å². The van der Waals surface area contributed by atoms with Crippen molar-refractivity contribution in [3.63, 3.8) is 0 Å². The largest absolute Gasteiger partial charge is 0.465 e. The lowest BCUT2D eigenvalue weighted by atomic mass is 10.1. The van der Waals surface area contributed by atoms with Gasteiger partial charge in [0.15, 0.2) is 0 Å². The highest BCUT2D eigenvalue weighted by atomic mass is 35.5. The van der Waals surface area contributed by atoms with E-state index in [2.05, 4.69) is 12.2 Å². The molecule has 0 aliphatic carbocycles. The van der Waals surface area contributed by atoms with Crippen LogP contribution in [0.3, 0.4) is 0 Å². The van der Waals surface area contributed by atoms with Gasteiger partial charge in [0, 0.05) is 6.54 Å². The van der Waals surface area contributed by atoms with E-state index in [1.165, 1.54) is 51.4 Å². The number of aliphatic hydroxyl groups excluding tert-OH is 1. The minimum atomic E-state index is -0.333. The smallest absolute Gasteiger partial charge is 0.322 e. The molecule has 0 amide bonds. The molecule has 0 saturated carbocycles. The first kappa shape index (κ1) is 23.9. The van der Waals surface area contributed by atoms with E-state index in [4.69, 9.17) is 9.84 Å². The Hall–Kier alpha value is -0.320. The predicted octanol–water partition coefficient (Wildman–Crippen LogP) is 3.84. The van der Waals surface area contributed by atoms with Crippen LogP contribution in [0.5, 0.6) is 0 Å². The molecule has 5 heteroatoms. The first-order valence-corrected chi connectivity index (χ1v) is 8.73. The number of carbonyl (C=O) groups excluding carboxylic acids is 1. The van der Waals surface area contributed by atoms with Gasteiger partial charge in [0.1, 0.15) is 6.04 Å². The Labute approximate surface area is 142 Å². The quantitative estimate of drug-likeness (QED) is 0.352. The Balaban J connectivity index is 0. The van der Waals surface area contributed by atoms with Crippen LogP contribution >= 0.6 is 12.4 Å². The molecule has 0 heterocycles. The molecule has 2 N–H and O–H groups in total. The topological polar surface area (TPSA) is 58.6 Å². The standard InChI is InChI=1S/C17H35NO3.ClH/c1-3-4-5-6-7-8-9-10-11-12-15-21-17(20)16(2)18-13-14-19;/h16,18-19H,3-15H2,1-2H3;1H. The molecule has 0 rings (SSSR count). The van der Waals surface area contributed by atoms with E-state index < -0.39 is 0 Å². The van der Waals surface area contributed by atoms with Crippen molar-refractivity contribution in [3.8, 4) is 0 Å². The maximum atomic E-state index is 11.5. The number of unbranched alkanes of at least 4 members (excludes halogenated alkanes) is 9. The lowest BCUT2D eigenvalue weighted by Gasteiger charge is -2.12. The highest BCUT2D eigenvalue weighted by Gasteiger charge is 2.12. The second kappa shape index (κ2) is 18.7. The van der Waals surface area contributed by atoms with Gasteiger partial charge in [0.2, 0.25) is 0 Å². The SMILES string of the molecule is CCCCCCCCCCCCOC(=O)C(C)NCCO.Cl. The lowest BCUT2D eigenvalue weighted by Crippen LogP contribution is -2.37. The van der Waals surface area contributed by atoms with E-state index in [0.29, 0.717) is 13.2 Å². The van der Waals surface area contributed by atoms with Gasteiger partial charge in [-0.1, -0.05) is 64.7 Å². The molecule has 0 spiro atoms. The fourth-order valence-electron chi connectivity index (χ4n) is 2.25. The summed E-state index contributed by atoms with van der Waals surface area (Å²) in [6.07, 6.45) is 12.8. The van der Waals surface area contributed by atoms with E-state index in [9.17, 15) is 4.79 Å². The van der Waals surface area contributed by atoms with Gasteiger partial charge < -0.3 is 15.2 Å².